The minimum Gasteiger partial charge on any atom is -0.464 e. The second-order valence-electron chi connectivity index (χ2n) is 7.31. The van der Waals surface area contributed by atoms with Gasteiger partial charge in [-0.3, -0.25) is 4.79 Å². The Labute approximate surface area is 172 Å². The third-order valence-corrected chi connectivity index (χ3v) is 6.30. The maximum atomic E-state index is 12.6. The number of hydrogen-bond donors (Lipinski definition) is 1. The fourth-order valence-corrected chi connectivity index (χ4v) is 4.50. The van der Waals surface area contributed by atoms with Crippen molar-refractivity contribution in [2.75, 3.05) is 5.32 Å². The van der Waals surface area contributed by atoms with Gasteiger partial charge in [0.25, 0.3) is 0 Å². The quantitative estimate of drug-likeness (QED) is 0.534. The summed E-state index contributed by atoms with van der Waals surface area (Å²) in [4.78, 5) is 13.6. The van der Waals surface area contributed by atoms with Crippen molar-refractivity contribution < 1.29 is 9.21 Å². The second kappa shape index (κ2) is 7.40. The van der Waals surface area contributed by atoms with Gasteiger partial charge in [-0.2, -0.15) is 0 Å². The van der Waals surface area contributed by atoms with Crippen molar-refractivity contribution >= 4 is 34.3 Å². The third-order valence-electron chi connectivity index (χ3n) is 5.24. The summed E-state index contributed by atoms with van der Waals surface area (Å²) >= 11 is 1.53. The Hall–Kier alpha value is -3.06. The van der Waals surface area contributed by atoms with E-state index in [2.05, 4.69) is 27.6 Å². The smallest absolute Gasteiger partial charge is 0.228 e. The molecule has 1 aliphatic carbocycles. The van der Waals surface area contributed by atoms with Crippen LogP contribution in [-0.4, -0.2) is 20.7 Å². The van der Waals surface area contributed by atoms with Gasteiger partial charge in [0.05, 0.1) is 12.7 Å². The molecule has 0 fully saturated rings. The molecule has 0 unspecified atom stereocenters. The highest BCUT2D eigenvalue weighted by Gasteiger charge is 2.17. The number of anilines is 1. The zero-order valence-corrected chi connectivity index (χ0v) is 16.8. The Morgan fingerprint density at radius 1 is 1.21 bits per heavy atom. The summed E-state index contributed by atoms with van der Waals surface area (Å²) in [6.45, 7) is 0. The molecule has 1 N–H and O–H groups in total. The third kappa shape index (κ3) is 3.65. The topological polar surface area (TPSA) is 73.0 Å². The molecule has 0 bridgehead atoms. The van der Waals surface area contributed by atoms with Gasteiger partial charge in [0, 0.05) is 28.6 Å². The lowest BCUT2D eigenvalue weighted by atomic mass is 10.0. The monoisotopic (exact) mass is 404 g/mol. The van der Waals surface area contributed by atoms with Gasteiger partial charge in [-0.05, 0) is 78.5 Å². The van der Waals surface area contributed by atoms with Gasteiger partial charge in [0.15, 0.2) is 5.16 Å². The fraction of sp³-hybridized carbons (Fsp3) is 0.227. The highest BCUT2D eigenvalue weighted by molar-refractivity contribution is 7.99. The van der Waals surface area contributed by atoms with E-state index in [9.17, 15) is 4.79 Å². The first kappa shape index (κ1) is 18.0. The van der Waals surface area contributed by atoms with Gasteiger partial charge in [-0.25, -0.2) is 0 Å². The van der Waals surface area contributed by atoms with E-state index in [0.29, 0.717) is 6.42 Å². The predicted octanol–water partition coefficient (Wildman–Crippen LogP) is 4.38. The first-order valence-corrected chi connectivity index (χ1v) is 10.4. The van der Waals surface area contributed by atoms with Crippen LogP contribution in [0.15, 0.2) is 63.5 Å². The Morgan fingerprint density at radius 3 is 2.76 bits per heavy atom. The van der Waals surface area contributed by atoms with Gasteiger partial charge in [-0.15, -0.1) is 10.2 Å². The van der Waals surface area contributed by atoms with Crippen molar-refractivity contribution in [2.24, 2.45) is 7.05 Å². The number of fused-ring (bicyclic) bond motifs is 2. The van der Waals surface area contributed by atoms with Crippen molar-refractivity contribution in [1.29, 1.82) is 0 Å². The van der Waals surface area contributed by atoms with Crippen molar-refractivity contribution in [1.82, 2.24) is 14.8 Å². The first-order chi connectivity index (χ1) is 14.2. The van der Waals surface area contributed by atoms with Crippen LogP contribution >= 0.6 is 11.8 Å². The number of amides is 1. The molecule has 0 atom stereocenters. The fourth-order valence-electron chi connectivity index (χ4n) is 3.74. The summed E-state index contributed by atoms with van der Waals surface area (Å²) in [5.41, 5.74) is 5.34. The van der Waals surface area contributed by atoms with E-state index < -0.39 is 0 Å². The molecular weight excluding hydrogens is 384 g/mol. The Balaban J connectivity index is 1.26. The van der Waals surface area contributed by atoms with Gasteiger partial charge in [0.1, 0.15) is 11.9 Å². The number of aryl methyl sites for hydroxylation is 3. The molecule has 29 heavy (non-hydrogen) atoms. The zero-order valence-electron chi connectivity index (χ0n) is 16.0. The molecule has 4 aromatic rings. The summed E-state index contributed by atoms with van der Waals surface area (Å²) in [6, 6.07) is 12.1. The Morgan fingerprint density at radius 2 is 2.00 bits per heavy atom. The van der Waals surface area contributed by atoms with E-state index in [-0.39, 0.29) is 5.91 Å². The number of aromatic nitrogens is 3. The summed E-state index contributed by atoms with van der Waals surface area (Å²) in [5.74, 6) is -0.0538. The maximum absolute atomic E-state index is 12.6. The average Bonchev–Trinajstić information content (AvgIpc) is 3.43. The zero-order chi connectivity index (χ0) is 19.8. The van der Waals surface area contributed by atoms with Crippen LogP contribution in [0.1, 0.15) is 23.1 Å². The lowest BCUT2D eigenvalue weighted by Gasteiger charge is -2.06. The lowest BCUT2D eigenvalue weighted by Crippen LogP contribution is -2.14. The van der Waals surface area contributed by atoms with Crippen LogP contribution in [0.5, 0.6) is 0 Å². The van der Waals surface area contributed by atoms with E-state index in [4.69, 9.17) is 4.42 Å². The van der Waals surface area contributed by atoms with Crippen molar-refractivity contribution in [3.63, 3.8) is 0 Å². The average molecular weight is 404 g/mol. The summed E-state index contributed by atoms with van der Waals surface area (Å²) < 4.78 is 7.57. The van der Waals surface area contributed by atoms with Crippen LogP contribution in [0.3, 0.4) is 0 Å². The summed E-state index contributed by atoms with van der Waals surface area (Å²) in [7, 11) is 1.91. The molecule has 2 heterocycles. The summed E-state index contributed by atoms with van der Waals surface area (Å²) in [6.07, 6.45) is 7.10. The molecule has 0 saturated carbocycles. The van der Waals surface area contributed by atoms with E-state index in [1.165, 1.54) is 29.3 Å². The maximum Gasteiger partial charge on any atom is 0.228 e. The largest absolute Gasteiger partial charge is 0.464 e. The molecule has 146 valence electrons. The molecule has 7 heteroatoms. The van der Waals surface area contributed by atoms with Crippen LogP contribution < -0.4 is 5.32 Å². The van der Waals surface area contributed by atoms with Gasteiger partial charge >= 0.3 is 0 Å². The SMILES string of the molecule is Cn1cnnc1Sc1ccc(NC(=O)Cc2coc3cc4c(cc23)CCC4)cc1. The molecular formula is C22H20N4O2S. The molecule has 5 rings (SSSR count). The Bertz CT molecular complexity index is 1190. The molecule has 0 radical (unpaired) electrons. The number of rotatable bonds is 5. The molecule has 0 spiro atoms. The lowest BCUT2D eigenvalue weighted by molar-refractivity contribution is -0.115. The molecule has 2 aromatic carbocycles. The van der Waals surface area contributed by atoms with Crippen molar-refractivity contribution in [2.45, 2.75) is 35.7 Å². The van der Waals surface area contributed by atoms with Crippen LogP contribution in [0.4, 0.5) is 5.69 Å². The van der Waals surface area contributed by atoms with Gasteiger partial charge < -0.3 is 14.3 Å². The van der Waals surface area contributed by atoms with Gasteiger partial charge in [0.2, 0.25) is 5.91 Å². The highest BCUT2D eigenvalue weighted by atomic mass is 32.2. The number of benzene rings is 2. The van der Waals surface area contributed by atoms with E-state index in [1.54, 1.807) is 12.6 Å². The van der Waals surface area contributed by atoms with E-state index >= 15 is 0 Å². The first-order valence-electron chi connectivity index (χ1n) is 9.59. The van der Waals surface area contributed by atoms with E-state index in [1.807, 2.05) is 35.9 Å². The van der Waals surface area contributed by atoms with Crippen molar-refractivity contribution in [3.05, 3.63) is 65.7 Å². The standard InChI is InChI=1S/C22H20N4O2S/c1-26-13-23-25-22(26)29-18-7-5-17(6-8-18)24-21(27)11-16-12-28-20-10-15-4-2-3-14(15)9-19(16)20/h5-10,12-13H,2-4,11H2,1H3,(H,24,27). The molecule has 0 aliphatic heterocycles. The molecule has 6 nitrogen and oxygen atoms in total. The summed E-state index contributed by atoms with van der Waals surface area (Å²) in [5, 5.41) is 12.8. The molecule has 1 aliphatic rings. The number of nitrogens with zero attached hydrogens (tertiary/aromatic N) is 3. The highest BCUT2D eigenvalue weighted by Crippen LogP contribution is 2.31. The molecule has 1 amide bonds. The number of carbonyl (C=O) groups excluding carboxylic acids is 1. The molecule has 0 saturated heterocycles. The number of hydrogen-bond acceptors (Lipinski definition) is 5. The number of furan rings is 1. The number of carbonyl (C=O) groups is 1. The van der Waals surface area contributed by atoms with Crippen LogP contribution in [0, 0.1) is 0 Å². The second-order valence-corrected chi connectivity index (χ2v) is 8.35. The normalized spacial score (nSPS) is 13.0. The van der Waals surface area contributed by atoms with E-state index in [0.717, 1.165) is 45.1 Å². The van der Waals surface area contributed by atoms with Crippen LogP contribution in [0.25, 0.3) is 11.0 Å². The van der Waals surface area contributed by atoms with Crippen molar-refractivity contribution in [3.8, 4) is 0 Å². The minimum atomic E-state index is -0.0538. The predicted molar refractivity (Wildman–Crippen MR) is 112 cm³/mol. The Kier molecular flexibility index (Phi) is 4.60. The number of nitrogens with one attached hydrogen (secondary N) is 1. The van der Waals surface area contributed by atoms with Crippen LogP contribution in [0.2, 0.25) is 0 Å². The minimum absolute atomic E-state index is 0.0538. The van der Waals surface area contributed by atoms with Gasteiger partial charge in [-0.1, -0.05) is 0 Å². The van der Waals surface area contributed by atoms with Crippen LogP contribution in [-0.2, 0) is 31.1 Å². The molecule has 2 aromatic heterocycles.